The number of esters is 1. The second kappa shape index (κ2) is 6.65. The van der Waals surface area contributed by atoms with Gasteiger partial charge in [-0.05, 0) is 25.0 Å². The van der Waals surface area contributed by atoms with Crippen molar-refractivity contribution in [3.05, 3.63) is 35.4 Å². The van der Waals surface area contributed by atoms with Gasteiger partial charge in [-0.15, -0.1) is 0 Å². The van der Waals surface area contributed by atoms with E-state index in [1.807, 2.05) is 24.3 Å². The molecule has 1 aromatic carbocycles. The highest BCUT2D eigenvalue weighted by atomic mass is 16.5. The summed E-state index contributed by atoms with van der Waals surface area (Å²) in [5.41, 5.74) is 1.69. The molecule has 0 unspecified atom stereocenters. The summed E-state index contributed by atoms with van der Waals surface area (Å²) in [6.45, 7) is 2.13. The molecule has 1 N–H and O–H groups in total. The average molecular weight is 218 g/mol. The Morgan fingerprint density at radius 3 is 2.88 bits per heavy atom. The Morgan fingerprint density at radius 1 is 1.44 bits per heavy atom. The van der Waals surface area contributed by atoms with E-state index in [9.17, 15) is 4.79 Å². The third-order valence-electron chi connectivity index (χ3n) is 1.97. The van der Waals surface area contributed by atoms with E-state index in [1.165, 1.54) is 0 Å². The Morgan fingerprint density at radius 2 is 2.19 bits per heavy atom. The summed E-state index contributed by atoms with van der Waals surface area (Å²) < 4.78 is 4.70. The van der Waals surface area contributed by atoms with Crippen LogP contribution in [0.25, 0.3) is 0 Å². The van der Waals surface area contributed by atoms with Crippen LogP contribution < -0.4 is 0 Å². The van der Waals surface area contributed by atoms with Gasteiger partial charge in [-0.2, -0.15) is 0 Å². The Balaban J connectivity index is 2.83. The van der Waals surface area contributed by atoms with Crippen LogP contribution in [0.5, 0.6) is 0 Å². The Labute approximate surface area is 95.1 Å². The molecule has 1 rings (SSSR count). The van der Waals surface area contributed by atoms with Crippen molar-refractivity contribution in [2.24, 2.45) is 0 Å². The summed E-state index contributed by atoms with van der Waals surface area (Å²) in [5, 5.41) is 8.87. The van der Waals surface area contributed by atoms with Gasteiger partial charge in [0.05, 0.1) is 6.61 Å². The highest BCUT2D eigenvalue weighted by Crippen LogP contribution is 2.07. The van der Waals surface area contributed by atoms with Crippen LogP contribution in [-0.2, 0) is 16.0 Å². The van der Waals surface area contributed by atoms with Gasteiger partial charge in [-0.1, -0.05) is 24.1 Å². The zero-order valence-corrected chi connectivity index (χ0v) is 9.19. The van der Waals surface area contributed by atoms with Crippen LogP contribution in [-0.4, -0.2) is 24.3 Å². The number of carbonyl (C=O) groups is 1. The highest BCUT2D eigenvalue weighted by molar-refractivity contribution is 5.89. The zero-order chi connectivity index (χ0) is 11.8. The Hall–Kier alpha value is -1.79. The lowest BCUT2D eigenvalue weighted by molar-refractivity contribution is -0.136. The summed E-state index contributed by atoms with van der Waals surface area (Å²) in [6, 6.07) is 7.42. The van der Waals surface area contributed by atoms with Crippen molar-refractivity contribution < 1.29 is 14.6 Å². The van der Waals surface area contributed by atoms with Gasteiger partial charge in [0.25, 0.3) is 0 Å². The van der Waals surface area contributed by atoms with Crippen LogP contribution in [0, 0.1) is 11.8 Å². The summed E-state index contributed by atoms with van der Waals surface area (Å²) in [7, 11) is 0. The summed E-state index contributed by atoms with van der Waals surface area (Å²) >= 11 is 0. The number of hydrogen-bond acceptors (Lipinski definition) is 3. The largest absolute Gasteiger partial charge is 0.456 e. The zero-order valence-electron chi connectivity index (χ0n) is 9.19. The number of benzene rings is 1. The molecule has 0 bridgehead atoms. The van der Waals surface area contributed by atoms with E-state index in [-0.39, 0.29) is 6.61 Å². The molecular weight excluding hydrogens is 204 g/mol. The molecule has 0 aliphatic carbocycles. The molecule has 0 fully saturated rings. The monoisotopic (exact) mass is 218 g/mol. The van der Waals surface area contributed by atoms with E-state index in [1.54, 1.807) is 6.92 Å². The van der Waals surface area contributed by atoms with Gasteiger partial charge in [0.15, 0.2) is 0 Å². The first-order valence-electron chi connectivity index (χ1n) is 5.15. The molecule has 3 heteroatoms. The third kappa shape index (κ3) is 3.76. The van der Waals surface area contributed by atoms with Crippen molar-refractivity contribution in [3.8, 4) is 11.8 Å². The molecule has 0 spiro atoms. The van der Waals surface area contributed by atoms with Crippen molar-refractivity contribution in [2.45, 2.75) is 13.3 Å². The van der Waals surface area contributed by atoms with E-state index in [0.717, 1.165) is 11.1 Å². The van der Waals surface area contributed by atoms with Crippen molar-refractivity contribution in [1.82, 2.24) is 0 Å². The molecule has 84 valence electrons. The molecule has 3 nitrogen and oxygen atoms in total. The number of aliphatic hydroxyl groups excluding tert-OH is 1. The number of aliphatic hydroxyl groups is 1. The second-order valence-corrected chi connectivity index (χ2v) is 3.10. The first-order chi connectivity index (χ1) is 7.77. The van der Waals surface area contributed by atoms with Crippen LogP contribution in [0.1, 0.15) is 18.1 Å². The topological polar surface area (TPSA) is 46.5 Å². The fraction of sp³-hybridized carbons (Fsp3) is 0.308. The molecule has 0 saturated heterocycles. The molecule has 0 aliphatic heterocycles. The number of ether oxygens (including phenoxy) is 1. The van der Waals surface area contributed by atoms with Crippen molar-refractivity contribution >= 4 is 5.97 Å². The van der Waals surface area contributed by atoms with Gasteiger partial charge >= 0.3 is 5.97 Å². The van der Waals surface area contributed by atoms with E-state index < -0.39 is 5.97 Å². The lowest BCUT2D eigenvalue weighted by Gasteiger charge is -2.00. The van der Waals surface area contributed by atoms with E-state index in [4.69, 9.17) is 9.84 Å². The molecule has 0 atom stereocenters. The first kappa shape index (κ1) is 12.3. The summed E-state index contributed by atoms with van der Waals surface area (Å²) in [5.74, 6) is 4.63. The Kier molecular flexibility index (Phi) is 5.10. The molecular formula is C13H14O3. The molecule has 0 radical (unpaired) electrons. The molecule has 1 aromatic rings. The maximum Gasteiger partial charge on any atom is 0.384 e. The molecule has 0 amide bonds. The minimum atomic E-state index is -0.527. The maximum atomic E-state index is 11.0. The van der Waals surface area contributed by atoms with E-state index in [0.29, 0.717) is 13.0 Å². The minimum Gasteiger partial charge on any atom is -0.456 e. The van der Waals surface area contributed by atoms with Gasteiger partial charge < -0.3 is 9.84 Å². The predicted octanol–water partition coefficient (Wildman–Crippen LogP) is 1.14. The molecule has 0 heterocycles. The number of rotatable bonds is 3. The molecule has 0 aliphatic rings. The number of hydrogen-bond donors (Lipinski definition) is 1. The smallest absolute Gasteiger partial charge is 0.384 e. The van der Waals surface area contributed by atoms with Crippen LogP contribution in [0.3, 0.4) is 0 Å². The maximum absolute atomic E-state index is 11.0. The van der Waals surface area contributed by atoms with Crippen molar-refractivity contribution in [2.75, 3.05) is 13.2 Å². The molecule has 16 heavy (non-hydrogen) atoms. The van der Waals surface area contributed by atoms with Crippen LogP contribution in [0.2, 0.25) is 0 Å². The van der Waals surface area contributed by atoms with Gasteiger partial charge in [-0.25, -0.2) is 4.79 Å². The second-order valence-electron chi connectivity index (χ2n) is 3.10. The van der Waals surface area contributed by atoms with E-state index in [2.05, 4.69) is 11.8 Å². The molecule has 0 aromatic heterocycles. The standard InChI is InChI=1S/C13H14O3/c1-2-16-13(15)8-7-11-5-3-4-6-12(11)9-10-14/h3-6,14H,2,9-10H2,1H3. The number of carbonyl (C=O) groups excluding carboxylic acids is 1. The quantitative estimate of drug-likeness (QED) is 0.611. The van der Waals surface area contributed by atoms with E-state index >= 15 is 0 Å². The van der Waals surface area contributed by atoms with Gasteiger partial charge in [0, 0.05) is 18.1 Å². The fourth-order valence-corrected chi connectivity index (χ4v) is 1.27. The minimum absolute atomic E-state index is 0.0676. The lowest BCUT2D eigenvalue weighted by Crippen LogP contribution is -2.00. The fourth-order valence-electron chi connectivity index (χ4n) is 1.27. The van der Waals surface area contributed by atoms with Gasteiger partial charge in [0.2, 0.25) is 0 Å². The van der Waals surface area contributed by atoms with Crippen molar-refractivity contribution in [1.29, 1.82) is 0 Å². The SMILES string of the molecule is CCOC(=O)C#Cc1ccccc1CCO. The normalized spacial score (nSPS) is 9.12. The first-order valence-corrected chi connectivity index (χ1v) is 5.15. The Bertz CT molecular complexity index is 413. The molecule has 0 saturated carbocycles. The van der Waals surface area contributed by atoms with Gasteiger partial charge in [0.1, 0.15) is 0 Å². The highest BCUT2D eigenvalue weighted by Gasteiger charge is 1.98. The lowest BCUT2D eigenvalue weighted by atomic mass is 10.1. The van der Waals surface area contributed by atoms with Crippen LogP contribution in [0.4, 0.5) is 0 Å². The summed E-state index contributed by atoms with van der Waals surface area (Å²) in [4.78, 5) is 11.0. The van der Waals surface area contributed by atoms with Gasteiger partial charge in [-0.3, -0.25) is 0 Å². The van der Waals surface area contributed by atoms with Crippen LogP contribution in [0.15, 0.2) is 24.3 Å². The summed E-state index contributed by atoms with van der Waals surface area (Å²) in [6.07, 6.45) is 0.535. The predicted molar refractivity (Wildman–Crippen MR) is 60.7 cm³/mol. The third-order valence-corrected chi connectivity index (χ3v) is 1.97. The average Bonchev–Trinajstić information content (AvgIpc) is 2.29. The van der Waals surface area contributed by atoms with Crippen LogP contribution >= 0.6 is 0 Å². The van der Waals surface area contributed by atoms with Crippen molar-refractivity contribution in [3.63, 3.8) is 0 Å².